The van der Waals surface area contributed by atoms with Crippen LogP contribution in [0.5, 0.6) is 11.5 Å². The van der Waals surface area contributed by atoms with Crippen molar-refractivity contribution in [2.75, 3.05) is 5.32 Å². The minimum Gasteiger partial charge on any atom is -0.453 e. The van der Waals surface area contributed by atoms with E-state index in [1.165, 1.54) is 24.7 Å². The Morgan fingerprint density at radius 1 is 1.08 bits per heavy atom. The third-order valence-corrected chi connectivity index (χ3v) is 3.72. The molecular weight excluding hydrogens is 357 g/mol. The fourth-order valence-corrected chi connectivity index (χ4v) is 2.49. The molecule has 0 unspecified atom stereocenters. The molecule has 0 atom stereocenters. The first-order chi connectivity index (χ1) is 12.7. The molecule has 1 aromatic carbocycles. The average molecular weight is 368 g/mol. The molecule has 1 N–H and O–H groups in total. The summed E-state index contributed by atoms with van der Waals surface area (Å²) in [5, 5.41) is 3.35. The molecule has 0 aliphatic rings. The van der Waals surface area contributed by atoms with Gasteiger partial charge in [0.05, 0.1) is 11.7 Å². The van der Waals surface area contributed by atoms with Gasteiger partial charge in [0.15, 0.2) is 17.4 Å². The van der Waals surface area contributed by atoms with Crippen LogP contribution in [0, 0.1) is 5.82 Å². The first kappa shape index (κ1) is 16.2. The van der Waals surface area contributed by atoms with Gasteiger partial charge >= 0.3 is 0 Å². The second-order valence-electron chi connectivity index (χ2n) is 5.28. The van der Waals surface area contributed by atoms with Crippen molar-refractivity contribution in [2.45, 2.75) is 0 Å². The average Bonchev–Trinajstić information content (AvgIpc) is 2.65. The highest BCUT2D eigenvalue weighted by molar-refractivity contribution is 6.29. The number of pyridine rings is 2. The van der Waals surface area contributed by atoms with E-state index in [-0.39, 0.29) is 5.75 Å². The maximum atomic E-state index is 14.4. The van der Waals surface area contributed by atoms with Crippen molar-refractivity contribution in [3.05, 3.63) is 72.2 Å². The number of fused-ring (bicyclic) bond motifs is 1. The normalized spacial score (nSPS) is 10.7. The molecule has 0 saturated heterocycles. The number of anilines is 2. The summed E-state index contributed by atoms with van der Waals surface area (Å²) in [6, 6.07) is 11.3. The van der Waals surface area contributed by atoms with E-state index < -0.39 is 5.82 Å². The molecule has 0 amide bonds. The van der Waals surface area contributed by atoms with Crippen LogP contribution in [0.25, 0.3) is 11.0 Å². The fraction of sp³-hybridized carbons (Fsp3) is 0. The SMILES string of the molecule is Fc1cc(Nc2ncnc3ccc(Cl)nc23)ccc1Oc1cccnc1. The number of hydrogen-bond acceptors (Lipinski definition) is 6. The third-order valence-electron chi connectivity index (χ3n) is 3.50. The van der Waals surface area contributed by atoms with E-state index in [0.29, 0.717) is 33.4 Å². The lowest BCUT2D eigenvalue weighted by Gasteiger charge is -2.10. The first-order valence-corrected chi connectivity index (χ1v) is 7.98. The van der Waals surface area contributed by atoms with Crippen LogP contribution in [0.2, 0.25) is 5.15 Å². The monoisotopic (exact) mass is 367 g/mol. The van der Waals surface area contributed by atoms with Gasteiger partial charge in [-0.1, -0.05) is 11.6 Å². The van der Waals surface area contributed by atoms with Crippen molar-refractivity contribution < 1.29 is 9.13 Å². The number of rotatable bonds is 4. The molecule has 0 saturated carbocycles. The maximum absolute atomic E-state index is 14.4. The third kappa shape index (κ3) is 3.38. The van der Waals surface area contributed by atoms with Gasteiger partial charge in [-0.05, 0) is 36.4 Å². The summed E-state index contributed by atoms with van der Waals surface area (Å²) in [5.74, 6) is 0.450. The van der Waals surface area contributed by atoms with Crippen molar-refractivity contribution in [3.8, 4) is 11.5 Å². The van der Waals surface area contributed by atoms with E-state index in [2.05, 4.69) is 25.3 Å². The second-order valence-corrected chi connectivity index (χ2v) is 5.67. The summed E-state index contributed by atoms with van der Waals surface area (Å²) < 4.78 is 19.8. The van der Waals surface area contributed by atoms with E-state index in [1.807, 2.05) is 0 Å². The summed E-state index contributed by atoms with van der Waals surface area (Å²) in [6.07, 6.45) is 4.52. The number of ether oxygens (including phenoxy) is 1. The molecule has 0 fully saturated rings. The summed E-state index contributed by atoms with van der Waals surface area (Å²) in [5.41, 5.74) is 1.61. The summed E-state index contributed by atoms with van der Waals surface area (Å²) >= 11 is 5.94. The van der Waals surface area contributed by atoms with Gasteiger partial charge in [0.25, 0.3) is 0 Å². The Hall–Kier alpha value is -3.32. The molecule has 3 heterocycles. The van der Waals surface area contributed by atoms with Crippen molar-refractivity contribution in [3.63, 3.8) is 0 Å². The number of aromatic nitrogens is 4. The van der Waals surface area contributed by atoms with Gasteiger partial charge in [-0.25, -0.2) is 19.3 Å². The van der Waals surface area contributed by atoms with Gasteiger partial charge < -0.3 is 10.1 Å². The van der Waals surface area contributed by atoms with Crippen LogP contribution in [0.4, 0.5) is 15.9 Å². The lowest BCUT2D eigenvalue weighted by molar-refractivity contribution is 0.441. The molecule has 128 valence electrons. The van der Waals surface area contributed by atoms with Gasteiger partial charge in [0.1, 0.15) is 22.7 Å². The Bertz CT molecular complexity index is 1080. The molecule has 26 heavy (non-hydrogen) atoms. The predicted octanol–water partition coefficient (Wildman–Crippen LogP) is 4.75. The number of halogens is 2. The minimum atomic E-state index is -0.525. The lowest BCUT2D eigenvalue weighted by Crippen LogP contribution is -1.98. The molecule has 0 spiro atoms. The zero-order valence-corrected chi connectivity index (χ0v) is 14.0. The Labute approximate surface area is 152 Å². The number of nitrogens with one attached hydrogen (secondary N) is 1. The van der Waals surface area contributed by atoms with Crippen molar-refractivity contribution >= 4 is 34.1 Å². The Morgan fingerprint density at radius 3 is 2.81 bits per heavy atom. The zero-order chi connectivity index (χ0) is 17.9. The number of nitrogens with zero attached hydrogens (tertiary/aromatic N) is 4. The smallest absolute Gasteiger partial charge is 0.167 e. The molecular formula is C18H11ClFN5O. The van der Waals surface area contributed by atoms with E-state index in [1.54, 1.807) is 36.5 Å². The standard InChI is InChI=1S/C18H11ClFN5O/c19-16-6-4-14-17(25-16)18(23-10-22-14)24-11-3-5-15(13(20)8-11)26-12-2-1-7-21-9-12/h1-10H,(H,22,23,24). The molecule has 4 rings (SSSR count). The quantitative estimate of drug-likeness (QED) is 0.525. The van der Waals surface area contributed by atoms with Gasteiger partial charge in [-0.3, -0.25) is 4.98 Å². The highest BCUT2D eigenvalue weighted by atomic mass is 35.5. The first-order valence-electron chi connectivity index (χ1n) is 7.61. The lowest BCUT2D eigenvalue weighted by atomic mass is 10.2. The maximum Gasteiger partial charge on any atom is 0.167 e. The van der Waals surface area contributed by atoms with Crippen LogP contribution < -0.4 is 10.1 Å². The van der Waals surface area contributed by atoms with Crippen LogP contribution in [0.3, 0.4) is 0 Å². The predicted molar refractivity (Wildman–Crippen MR) is 96.3 cm³/mol. The van der Waals surface area contributed by atoms with Crippen molar-refractivity contribution in [1.29, 1.82) is 0 Å². The van der Waals surface area contributed by atoms with E-state index in [0.717, 1.165) is 0 Å². The Morgan fingerprint density at radius 2 is 2.00 bits per heavy atom. The minimum absolute atomic E-state index is 0.0947. The van der Waals surface area contributed by atoms with Crippen LogP contribution in [-0.4, -0.2) is 19.9 Å². The van der Waals surface area contributed by atoms with Gasteiger partial charge in [-0.15, -0.1) is 0 Å². The van der Waals surface area contributed by atoms with Crippen LogP contribution in [0.15, 0.2) is 61.2 Å². The topological polar surface area (TPSA) is 72.8 Å². The summed E-state index contributed by atoms with van der Waals surface area (Å²) in [4.78, 5) is 16.4. The summed E-state index contributed by atoms with van der Waals surface area (Å²) in [6.45, 7) is 0. The van der Waals surface area contributed by atoms with Crippen molar-refractivity contribution in [1.82, 2.24) is 19.9 Å². The molecule has 0 bridgehead atoms. The van der Waals surface area contributed by atoms with Crippen molar-refractivity contribution in [2.24, 2.45) is 0 Å². The van der Waals surface area contributed by atoms with Crippen LogP contribution in [-0.2, 0) is 0 Å². The number of hydrogen-bond donors (Lipinski definition) is 1. The highest BCUT2D eigenvalue weighted by Crippen LogP contribution is 2.28. The van der Waals surface area contributed by atoms with Crippen LogP contribution in [0.1, 0.15) is 0 Å². The molecule has 3 aromatic heterocycles. The Balaban J connectivity index is 1.62. The fourth-order valence-electron chi connectivity index (χ4n) is 2.34. The van der Waals surface area contributed by atoms with E-state index >= 15 is 0 Å². The highest BCUT2D eigenvalue weighted by Gasteiger charge is 2.10. The van der Waals surface area contributed by atoms with E-state index in [9.17, 15) is 4.39 Å². The number of benzene rings is 1. The largest absolute Gasteiger partial charge is 0.453 e. The molecule has 0 aliphatic heterocycles. The van der Waals surface area contributed by atoms with E-state index in [4.69, 9.17) is 16.3 Å². The second kappa shape index (κ2) is 6.89. The van der Waals surface area contributed by atoms with Gasteiger partial charge in [-0.2, -0.15) is 0 Å². The molecule has 0 radical (unpaired) electrons. The zero-order valence-electron chi connectivity index (χ0n) is 13.2. The molecule has 6 nitrogen and oxygen atoms in total. The van der Waals surface area contributed by atoms with Crippen LogP contribution >= 0.6 is 11.6 Å². The van der Waals surface area contributed by atoms with Gasteiger partial charge in [0.2, 0.25) is 0 Å². The summed E-state index contributed by atoms with van der Waals surface area (Å²) in [7, 11) is 0. The molecule has 0 aliphatic carbocycles. The molecule has 4 aromatic rings. The Kier molecular flexibility index (Phi) is 4.28. The molecule has 8 heteroatoms. The van der Waals surface area contributed by atoms with Gasteiger partial charge in [0, 0.05) is 18.0 Å².